The van der Waals surface area contributed by atoms with Crippen molar-refractivity contribution in [2.75, 3.05) is 29.5 Å². The van der Waals surface area contributed by atoms with Crippen molar-refractivity contribution in [2.24, 2.45) is 11.8 Å². The molecular weight excluding hydrogens is 421 g/mol. The molecule has 1 aromatic carbocycles. The highest BCUT2D eigenvalue weighted by molar-refractivity contribution is 7.92. The van der Waals surface area contributed by atoms with Gasteiger partial charge in [0.05, 0.1) is 35.9 Å². The van der Waals surface area contributed by atoms with Crippen molar-refractivity contribution in [3.8, 4) is 0 Å². The van der Waals surface area contributed by atoms with E-state index in [1.165, 1.54) is 6.07 Å². The van der Waals surface area contributed by atoms with Crippen molar-refractivity contribution < 1.29 is 17.6 Å². The highest BCUT2D eigenvalue weighted by Gasteiger charge is 2.40. The summed E-state index contributed by atoms with van der Waals surface area (Å²) in [6.07, 6.45) is 5.71. The third kappa shape index (κ3) is 4.17. The molecule has 0 bridgehead atoms. The monoisotopic (exact) mass is 447 g/mol. The number of hydrogen-bond donors (Lipinski definition) is 1. The van der Waals surface area contributed by atoms with E-state index >= 15 is 0 Å². The highest BCUT2D eigenvalue weighted by atomic mass is 32.2. The van der Waals surface area contributed by atoms with Gasteiger partial charge >= 0.3 is 0 Å². The van der Waals surface area contributed by atoms with Gasteiger partial charge in [-0.1, -0.05) is 11.3 Å². The lowest BCUT2D eigenvalue weighted by Crippen LogP contribution is -2.45. The molecule has 3 aliphatic heterocycles. The van der Waals surface area contributed by atoms with Gasteiger partial charge < -0.3 is 10.2 Å². The van der Waals surface area contributed by atoms with Gasteiger partial charge in [-0.2, -0.15) is 0 Å². The molecule has 10 heteroatoms. The number of halogens is 1. The summed E-state index contributed by atoms with van der Waals surface area (Å²) in [4.78, 5) is 14.5. The molecule has 1 N–H and O–H groups in total. The summed E-state index contributed by atoms with van der Waals surface area (Å²) >= 11 is 0. The maximum Gasteiger partial charge on any atom is 0.227 e. The summed E-state index contributed by atoms with van der Waals surface area (Å²) in [5.74, 6) is 0.521. The van der Waals surface area contributed by atoms with E-state index in [-0.39, 0.29) is 29.6 Å². The van der Waals surface area contributed by atoms with Crippen LogP contribution in [0.5, 0.6) is 0 Å². The van der Waals surface area contributed by atoms with Crippen LogP contribution in [0.15, 0.2) is 30.6 Å². The van der Waals surface area contributed by atoms with Gasteiger partial charge in [0.15, 0.2) is 9.84 Å². The minimum Gasteiger partial charge on any atom is -0.369 e. The molecule has 3 aliphatic rings. The molecule has 0 spiro atoms. The molecule has 2 atom stereocenters. The van der Waals surface area contributed by atoms with Gasteiger partial charge in [0.1, 0.15) is 5.82 Å². The Balaban J connectivity index is 1.21. The SMILES string of the molecule is O=C1NC(Cn2ccnn2)C[C@@H]1c1ccc(N2CCC(C3CS(=O)(=O)C3)CC2)c(F)c1. The van der Waals surface area contributed by atoms with Crippen molar-refractivity contribution in [1.82, 2.24) is 20.3 Å². The maximum atomic E-state index is 15.0. The summed E-state index contributed by atoms with van der Waals surface area (Å²) in [6.45, 7) is 1.99. The summed E-state index contributed by atoms with van der Waals surface area (Å²) in [5.41, 5.74) is 1.25. The Bertz CT molecular complexity index is 1050. The molecule has 3 saturated heterocycles. The average molecular weight is 448 g/mol. The fourth-order valence-corrected chi connectivity index (χ4v) is 6.95. The number of carbonyl (C=O) groups is 1. The van der Waals surface area contributed by atoms with E-state index < -0.39 is 9.84 Å². The van der Waals surface area contributed by atoms with E-state index in [2.05, 4.69) is 15.6 Å². The van der Waals surface area contributed by atoms with Crippen LogP contribution in [0.3, 0.4) is 0 Å². The minimum atomic E-state index is -2.80. The first kappa shape index (κ1) is 20.4. The molecule has 5 rings (SSSR count). The summed E-state index contributed by atoms with van der Waals surface area (Å²) in [6, 6.07) is 5.06. The van der Waals surface area contributed by atoms with Crippen molar-refractivity contribution in [3.05, 3.63) is 42.0 Å². The van der Waals surface area contributed by atoms with Gasteiger partial charge in [-0.3, -0.25) is 9.48 Å². The quantitative estimate of drug-likeness (QED) is 0.743. The number of sulfone groups is 1. The second-order valence-electron chi connectivity index (χ2n) is 8.99. The fourth-order valence-electron chi connectivity index (χ4n) is 5.20. The van der Waals surface area contributed by atoms with Crippen molar-refractivity contribution in [1.29, 1.82) is 0 Å². The molecule has 2 aromatic rings. The van der Waals surface area contributed by atoms with Crippen LogP contribution in [0.4, 0.5) is 10.1 Å². The number of amides is 1. The van der Waals surface area contributed by atoms with E-state index in [4.69, 9.17) is 0 Å². The van der Waals surface area contributed by atoms with Gasteiger partial charge in [0.2, 0.25) is 5.91 Å². The standard InChI is InChI=1S/C21H26FN5O3S/c22-19-9-15(18-10-17(24-21(18)28)11-27-8-5-23-25-27)1-2-20(19)26-6-3-14(4-7-26)16-12-31(29,30)13-16/h1-2,5,8-9,14,16-18H,3-4,6-7,10-13H2,(H,24,28)/t17?,18-/m1/s1. The molecule has 8 nitrogen and oxygen atoms in total. The number of aromatic nitrogens is 3. The summed E-state index contributed by atoms with van der Waals surface area (Å²) in [5, 5.41) is 10.7. The fraction of sp³-hybridized carbons (Fsp3) is 0.571. The van der Waals surface area contributed by atoms with Crippen LogP contribution in [0.1, 0.15) is 30.7 Å². The Kier molecular flexibility index (Phi) is 5.19. The number of benzene rings is 1. The Morgan fingerprint density at radius 2 is 1.94 bits per heavy atom. The zero-order valence-corrected chi connectivity index (χ0v) is 18.0. The molecule has 1 unspecified atom stereocenters. The molecule has 1 amide bonds. The van der Waals surface area contributed by atoms with Crippen molar-refractivity contribution in [3.63, 3.8) is 0 Å². The van der Waals surface area contributed by atoms with E-state index in [9.17, 15) is 17.6 Å². The zero-order valence-electron chi connectivity index (χ0n) is 17.2. The number of nitrogens with zero attached hydrogens (tertiary/aromatic N) is 4. The summed E-state index contributed by atoms with van der Waals surface area (Å²) in [7, 11) is -2.80. The van der Waals surface area contributed by atoms with E-state index in [1.807, 2.05) is 11.0 Å². The maximum absolute atomic E-state index is 15.0. The Morgan fingerprint density at radius 1 is 1.16 bits per heavy atom. The van der Waals surface area contributed by atoms with Crippen molar-refractivity contribution in [2.45, 2.75) is 37.8 Å². The third-order valence-electron chi connectivity index (χ3n) is 6.92. The van der Waals surface area contributed by atoms with Gasteiger partial charge in [-0.15, -0.1) is 5.10 Å². The van der Waals surface area contributed by atoms with Gasteiger partial charge in [-0.05, 0) is 48.8 Å². The normalized spacial score (nSPS) is 26.6. The summed E-state index contributed by atoms with van der Waals surface area (Å²) < 4.78 is 39.5. The molecular formula is C21H26FN5O3S. The van der Waals surface area contributed by atoms with Gasteiger partial charge in [0.25, 0.3) is 0 Å². The van der Waals surface area contributed by atoms with Crippen LogP contribution in [0.2, 0.25) is 0 Å². The highest BCUT2D eigenvalue weighted by Crippen LogP contribution is 2.36. The van der Waals surface area contributed by atoms with Crippen LogP contribution in [-0.2, 0) is 21.2 Å². The van der Waals surface area contributed by atoms with Gasteiger partial charge in [-0.25, -0.2) is 12.8 Å². The lowest BCUT2D eigenvalue weighted by Gasteiger charge is -2.40. The number of nitrogens with one attached hydrogen (secondary N) is 1. The number of carbonyl (C=O) groups excluding carboxylic acids is 1. The third-order valence-corrected chi connectivity index (χ3v) is 8.79. The number of piperidine rings is 1. The predicted molar refractivity (Wildman–Crippen MR) is 113 cm³/mol. The molecule has 0 saturated carbocycles. The van der Waals surface area contributed by atoms with E-state index in [1.54, 1.807) is 23.1 Å². The van der Waals surface area contributed by atoms with Crippen LogP contribution in [-0.4, -0.2) is 60.0 Å². The Labute approximate surface area is 180 Å². The molecule has 0 aliphatic carbocycles. The molecule has 0 radical (unpaired) electrons. The molecule has 4 heterocycles. The first-order valence-corrected chi connectivity index (χ1v) is 12.6. The van der Waals surface area contributed by atoms with E-state index in [0.717, 1.165) is 25.9 Å². The second kappa shape index (κ2) is 7.89. The largest absolute Gasteiger partial charge is 0.369 e. The first-order chi connectivity index (χ1) is 14.9. The van der Waals surface area contributed by atoms with Gasteiger partial charge in [0, 0.05) is 25.3 Å². The number of rotatable bonds is 5. The zero-order chi connectivity index (χ0) is 21.6. The predicted octanol–water partition coefficient (Wildman–Crippen LogP) is 1.35. The Hall–Kier alpha value is -2.49. The average Bonchev–Trinajstić information content (AvgIpc) is 3.36. The number of hydrogen-bond acceptors (Lipinski definition) is 6. The van der Waals surface area contributed by atoms with E-state index in [0.29, 0.717) is 41.6 Å². The second-order valence-corrected chi connectivity index (χ2v) is 11.1. The van der Waals surface area contributed by atoms with Crippen LogP contribution in [0.25, 0.3) is 0 Å². The Morgan fingerprint density at radius 3 is 2.58 bits per heavy atom. The molecule has 3 fully saturated rings. The van der Waals surface area contributed by atoms with Crippen LogP contribution in [0, 0.1) is 17.7 Å². The molecule has 1 aromatic heterocycles. The number of anilines is 1. The minimum absolute atomic E-state index is 0.0590. The van der Waals surface area contributed by atoms with Crippen LogP contribution >= 0.6 is 0 Å². The topological polar surface area (TPSA) is 97.2 Å². The lowest BCUT2D eigenvalue weighted by atomic mass is 9.85. The lowest BCUT2D eigenvalue weighted by molar-refractivity contribution is -0.120. The van der Waals surface area contributed by atoms with Crippen molar-refractivity contribution >= 4 is 21.4 Å². The molecule has 166 valence electrons. The molecule has 31 heavy (non-hydrogen) atoms. The first-order valence-electron chi connectivity index (χ1n) is 10.8. The van der Waals surface area contributed by atoms with Crippen LogP contribution < -0.4 is 10.2 Å². The smallest absolute Gasteiger partial charge is 0.227 e.